The first-order chi connectivity index (χ1) is 12.1. The van der Waals surface area contributed by atoms with Crippen LogP contribution in [0.2, 0.25) is 0 Å². The maximum absolute atomic E-state index is 11.4. The number of hydrogen-bond acceptors (Lipinski definition) is 4. The molecule has 0 fully saturated rings. The van der Waals surface area contributed by atoms with E-state index in [1.165, 1.54) is 7.11 Å². The van der Waals surface area contributed by atoms with Gasteiger partial charge < -0.3 is 14.6 Å². The molecule has 0 aliphatic carbocycles. The average molecular weight is 342 g/mol. The van der Waals surface area contributed by atoms with Crippen molar-refractivity contribution in [2.75, 3.05) is 13.7 Å². The standard InChI is InChI=1S/C20H22O5/c1-24-19(21)13-4-2-3-9-16(20(22)23)14-25-18-12-7-10-15-8-5-6-11-17(15)18/h5-12H,2-4,13-14H2,1H3,(H,22,23)/b16-9+. The van der Waals surface area contributed by atoms with Crippen molar-refractivity contribution in [3.8, 4) is 5.75 Å². The highest BCUT2D eigenvalue weighted by Crippen LogP contribution is 2.25. The second-order valence-corrected chi connectivity index (χ2v) is 5.62. The second-order valence-electron chi connectivity index (χ2n) is 5.62. The Morgan fingerprint density at radius 3 is 2.60 bits per heavy atom. The minimum absolute atomic E-state index is 0.000340. The SMILES string of the molecule is COC(=O)CCCC/C=C(\COc1cccc2ccccc12)C(=O)O. The second kappa shape index (κ2) is 9.47. The third-order valence-electron chi connectivity index (χ3n) is 3.86. The Morgan fingerprint density at radius 2 is 1.84 bits per heavy atom. The lowest BCUT2D eigenvalue weighted by Crippen LogP contribution is -2.10. The minimum Gasteiger partial charge on any atom is -0.488 e. The normalized spacial score (nSPS) is 11.3. The predicted molar refractivity (Wildman–Crippen MR) is 95.6 cm³/mol. The molecule has 1 N–H and O–H groups in total. The molecular formula is C20H22O5. The molecule has 2 aromatic rings. The maximum Gasteiger partial charge on any atom is 0.334 e. The number of carbonyl (C=O) groups is 2. The van der Waals surface area contributed by atoms with Gasteiger partial charge in [0.25, 0.3) is 0 Å². The Balaban J connectivity index is 1.93. The fraction of sp³-hybridized carbons (Fsp3) is 0.300. The molecule has 0 radical (unpaired) electrons. The van der Waals surface area contributed by atoms with Crippen LogP contribution in [0.15, 0.2) is 54.1 Å². The van der Waals surface area contributed by atoms with Crippen molar-refractivity contribution in [3.05, 3.63) is 54.1 Å². The molecular weight excluding hydrogens is 320 g/mol. The van der Waals surface area contributed by atoms with Gasteiger partial charge in [0.15, 0.2) is 0 Å². The number of methoxy groups -OCH3 is 1. The van der Waals surface area contributed by atoms with Crippen LogP contribution in [0.25, 0.3) is 10.8 Å². The lowest BCUT2D eigenvalue weighted by molar-refractivity contribution is -0.140. The zero-order valence-electron chi connectivity index (χ0n) is 14.2. The summed E-state index contributed by atoms with van der Waals surface area (Å²) in [5.74, 6) is -0.578. The lowest BCUT2D eigenvalue weighted by Gasteiger charge is -2.10. The molecule has 0 aromatic heterocycles. The van der Waals surface area contributed by atoms with E-state index < -0.39 is 5.97 Å². The zero-order chi connectivity index (χ0) is 18.1. The number of carboxylic acid groups (broad SMARTS) is 1. The molecule has 5 heteroatoms. The van der Waals surface area contributed by atoms with Crippen LogP contribution in [-0.4, -0.2) is 30.8 Å². The first-order valence-electron chi connectivity index (χ1n) is 8.21. The third kappa shape index (κ3) is 5.64. The van der Waals surface area contributed by atoms with Crippen LogP contribution < -0.4 is 4.74 Å². The number of allylic oxidation sites excluding steroid dienone is 1. The van der Waals surface area contributed by atoms with Gasteiger partial charge in [-0.25, -0.2) is 4.79 Å². The van der Waals surface area contributed by atoms with E-state index >= 15 is 0 Å². The first kappa shape index (κ1) is 18.5. The number of unbranched alkanes of at least 4 members (excludes halogenated alkanes) is 2. The molecule has 5 nitrogen and oxygen atoms in total. The van der Waals surface area contributed by atoms with Gasteiger partial charge in [-0.1, -0.05) is 42.5 Å². The highest BCUT2D eigenvalue weighted by Gasteiger charge is 2.09. The van der Waals surface area contributed by atoms with Crippen molar-refractivity contribution < 1.29 is 24.2 Å². The molecule has 2 rings (SSSR count). The summed E-state index contributed by atoms with van der Waals surface area (Å²) in [7, 11) is 1.36. The molecule has 132 valence electrons. The number of carboxylic acids is 1. The van der Waals surface area contributed by atoms with E-state index in [1.54, 1.807) is 6.08 Å². The van der Waals surface area contributed by atoms with Gasteiger partial charge >= 0.3 is 11.9 Å². The van der Waals surface area contributed by atoms with Crippen molar-refractivity contribution in [3.63, 3.8) is 0 Å². The molecule has 0 spiro atoms. The highest BCUT2D eigenvalue weighted by molar-refractivity contribution is 5.89. The fourth-order valence-corrected chi connectivity index (χ4v) is 2.48. The third-order valence-corrected chi connectivity index (χ3v) is 3.86. The quantitative estimate of drug-likeness (QED) is 0.424. The van der Waals surface area contributed by atoms with Crippen molar-refractivity contribution in [1.82, 2.24) is 0 Å². The van der Waals surface area contributed by atoms with Crippen LogP contribution in [0.4, 0.5) is 0 Å². The van der Waals surface area contributed by atoms with E-state index in [-0.39, 0.29) is 18.1 Å². The van der Waals surface area contributed by atoms with Gasteiger partial charge in [0, 0.05) is 11.8 Å². The minimum atomic E-state index is -0.992. The molecule has 25 heavy (non-hydrogen) atoms. The van der Waals surface area contributed by atoms with Crippen molar-refractivity contribution >= 4 is 22.7 Å². The molecule has 0 unspecified atom stereocenters. The highest BCUT2D eigenvalue weighted by atomic mass is 16.5. The van der Waals surface area contributed by atoms with Crippen molar-refractivity contribution in [1.29, 1.82) is 0 Å². The van der Waals surface area contributed by atoms with Crippen LogP contribution in [0, 0.1) is 0 Å². The van der Waals surface area contributed by atoms with E-state index in [4.69, 9.17) is 4.74 Å². The summed E-state index contributed by atoms with van der Waals surface area (Å²) >= 11 is 0. The van der Waals surface area contributed by atoms with E-state index in [2.05, 4.69) is 4.74 Å². The van der Waals surface area contributed by atoms with Crippen LogP contribution in [-0.2, 0) is 14.3 Å². The molecule has 0 heterocycles. The van der Waals surface area contributed by atoms with Crippen molar-refractivity contribution in [2.24, 2.45) is 0 Å². The van der Waals surface area contributed by atoms with Gasteiger partial charge in [-0.3, -0.25) is 4.79 Å². The summed E-state index contributed by atoms with van der Waals surface area (Å²) in [5.41, 5.74) is 0.214. The molecule has 0 bridgehead atoms. The van der Waals surface area contributed by atoms with Gasteiger partial charge in [0.05, 0.1) is 12.7 Å². The van der Waals surface area contributed by atoms with Gasteiger partial charge in [-0.15, -0.1) is 0 Å². The number of benzene rings is 2. The number of ether oxygens (including phenoxy) is 2. The van der Waals surface area contributed by atoms with Gasteiger partial charge in [0.2, 0.25) is 0 Å². The van der Waals surface area contributed by atoms with Crippen LogP contribution in [0.5, 0.6) is 5.75 Å². The van der Waals surface area contributed by atoms with E-state index in [0.29, 0.717) is 25.0 Å². The van der Waals surface area contributed by atoms with Gasteiger partial charge in [-0.05, 0) is 30.7 Å². The molecule has 0 aliphatic rings. The lowest BCUT2D eigenvalue weighted by atomic mass is 10.1. The van der Waals surface area contributed by atoms with Gasteiger partial charge in [0.1, 0.15) is 12.4 Å². The monoisotopic (exact) mass is 342 g/mol. The zero-order valence-corrected chi connectivity index (χ0v) is 14.2. The number of hydrogen-bond donors (Lipinski definition) is 1. The molecule has 0 aliphatic heterocycles. The maximum atomic E-state index is 11.4. The Kier molecular flexibility index (Phi) is 7.01. The largest absolute Gasteiger partial charge is 0.488 e. The summed E-state index contributed by atoms with van der Waals surface area (Å²) < 4.78 is 10.3. The smallest absolute Gasteiger partial charge is 0.334 e. The average Bonchev–Trinajstić information content (AvgIpc) is 2.63. The van der Waals surface area contributed by atoms with Gasteiger partial charge in [-0.2, -0.15) is 0 Å². The number of aliphatic carboxylic acids is 1. The Hall–Kier alpha value is -2.82. The summed E-state index contributed by atoms with van der Waals surface area (Å²) in [5, 5.41) is 11.3. The summed E-state index contributed by atoms with van der Waals surface area (Å²) in [6, 6.07) is 13.5. The molecule has 0 amide bonds. The van der Waals surface area contributed by atoms with Crippen LogP contribution in [0.1, 0.15) is 25.7 Å². The fourth-order valence-electron chi connectivity index (χ4n) is 2.48. The number of esters is 1. The predicted octanol–water partition coefficient (Wildman–Crippen LogP) is 3.96. The van der Waals surface area contributed by atoms with E-state index in [1.807, 2.05) is 42.5 Å². The Bertz CT molecular complexity index is 758. The van der Waals surface area contributed by atoms with Crippen LogP contribution >= 0.6 is 0 Å². The molecule has 0 saturated carbocycles. The van der Waals surface area contributed by atoms with Crippen LogP contribution in [0.3, 0.4) is 0 Å². The van der Waals surface area contributed by atoms with E-state index in [0.717, 1.165) is 17.2 Å². The summed E-state index contributed by atoms with van der Waals surface area (Å²) in [6.45, 7) is 0.000340. The van der Waals surface area contributed by atoms with Crippen molar-refractivity contribution in [2.45, 2.75) is 25.7 Å². The summed E-state index contributed by atoms with van der Waals surface area (Å²) in [6.07, 6.45) is 3.97. The molecule has 2 aromatic carbocycles. The Morgan fingerprint density at radius 1 is 1.08 bits per heavy atom. The number of carbonyl (C=O) groups excluding carboxylic acids is 1. The number of rotatable bonds is 9. The topological polar surface area (TPSA) is 72.8 Å². The summed E-state index contributed by atoms with van der Waals surface area (Å²) in [4.78, 5) is 22.4. The molecule has 0 atom stereocenters. The number of fused-ring (bicyclic) bond motifs is 1. The van der Waals surface area contributed by atoms with E-state index in [9.17, 15) is 14.7 Å². The molecule has 0 saturated heterocycles. The Labute approximate surface area is 146 Å². The first-order valence-corrected chi connectivity index (χ1v) is 8.21.